The molecule has 130 valence electrons. The maximum atomic E-state index is 12.8. The van der Waals surface area contributed by atoms with Crippen molar-refractivity contribution in [3.8, 4) is 0 Å². The predicted molar refractivity (Wildman–Crippen MR) is 102 cm³/mol. The summed E-state index contributed by atoms with van der Waals surface area (Å²) in [5.74, 6) is 0.538. The van der Waals surface area contributed by atoms with E-state index in [9.17, 15) is 4.79 Å². The Morgan fingerprint density at radius 3 is 2.32 bits per heavy atom. The summed E-state index contributed by atoms with van der Waals surface area (Å²) < 4.78 is 0. The Kier molecular flexibility index (Phi) is 6.29. The van der Waals surface area contributed by atoms with Gasteiger partial charge in [0, 0.05) is 15.4 Å². The number of hydrogen-bond donors (Lipinski definition) is 0. The van der Waals surface area contributed by atoms with Crippen LogP contribution in [0.3, 0.4) is 0 Å². The molecule has 0 spiro atoms. The van der Waals surface area contributed by atoms with Crippen molar-refractivity contribution in [2.45, 2.75) is 41.9 Å². The van der Waals surface area contributed by atoms with Gasteiger partial charge in [0.15, 0.2) is 0 Å². The van der Waals surface area contributed by atoms with Crippen LogP contribution in [-0.2, 0) is 4.84 Å². The van der Waals surface area contributed by atoms with Crippen LogP contribution < -0.4 is 0 Å². The maximum Gasteiger partial charge on any atom is 0.210 e. The molecule has 3 nitrogen and oxygen atoms in total. The Hall–Kier alpha value is -2.07. The van der Waals surface area contributed by atoms with Gasteiger partial charge in [0.2, 0.25) is 5.78 Å². The van der Waals surface area contributed by atoms with Gasteiger partial charge in [0.05, 0.1) is 0 Å². The van der Waals surface area contributed by atoms with Crippen molar-refractivity contribution in [1.29, 1.82) is 0 Å². The monoisotopic (exact) mass is 353 g/mol. The van der Waals surface area contributed by atoms with E-state index in [1.54, 1.807) is 11.8 Å². The molecule has 2 aromatic carbocycles. The van der Waals surface area contributed by atoms with Crippen LogP contribution in [0.2, 0.25) is 0 Å². The Morgan fingerprint density at radius 2 is 1.68 bits per heavy atom. The molecule has 0 heterocycles. The summed E-state index contributed by atoms with van der Waals surface area (Å²) in [6, 6.07) is 18.0. The second-order valence-electron chi connectivity index (χ2n) is 6.34. The zero-order valence-electron chi connectivity index (χ0n) is 14.5. The minimum Gasteiger partial charge on any atom is -0.399 e. The van der Waals surface area contributed by atoms with Crippen LogP contribution in [0, 0.1) is 5.92 Å². The Labute approximate surface area is 153 Å². The number of carbonyl (C=O) groups excluding carboxylic acids is 1. The lowest BCUT2D eigenvalue weighted by atomic mass is 9.96. The van der Waals surface area contributed by atoms with Gasteiger partial charge < -0.3 is 4.84 Å². The molecule has 0 N–H and O–H groups in total. The number of hydrogen-bond acceptors (Lipinski definition) is 4. The number of benzene rings is 2. The molecule has 0 radical (unpaired) electrons. The molecule has 0 amide bonds. The summed E-state index contributed by atoms with van der Waals surface area (Å²) in [6.07, 6.45) is 5.59. The predicted octanol–water partition coefficient (Wildman–Crippen LogP) is 5.60. The molecule has 0 unspecified atom stereocenters. The van der Waals surface area contributed by atoms with Crippen LogP contribution in [0.4, 0.5) is 0 Å². The van der Waals surface area contributed by atoms with Gasteiger partial charge in [-0.25, -0.2) is 0 Å². The second kappa shape index (κ2) is 8.86. The first kappa shape index (κ1) is 17.7. The first-order chi connectivity index (χ1) is 12.3. The lowest BCUT2D eigenvalue weighted by Gasteiger charge is -2.10. The Bertz CT molecular complexity index is 719. The van der Waals surface area contributed by atoms with Gasteiger partial charge >= 0.3 is 0 Å². The summed E-state index contributed by atoms with van der Waals surface area (Å²) in [4.78, 5) is 20.0. The van der Waals surface area contributed by atoms with Crippen molar-refractivity contribution in [3.63, 3.8) is 0 Å². The molecular formula is C21H23NO2S. The van der Waals surface area contributed by atoms with E-state index in [0.29, 0.717) is 23.6 Å². The first-order valence-electron chi connectivity index (χ1n) is 8.74. The molecule has 0 saturated heterocycles. The number of Topliss-reactive ketones (excluding diaryl/α,β-unsaturated/α-hetero) is 1. The van der Waals surface area contributed by atoms with Crippen LogP contribution >= 0.6 is 11.8 Å². The summed E-state index contributed by atoms with van der Waals surface area (Å²) in [7, 11) is 1.50. The topological polar surface area (TPSA) is 38.7 Å². The van der Waals surface area contributed by atoms with E-state index in [2.05, 4.69) is 17.3 Å². The summed E-state index contributed by atoms with van der Waals surface area (Å²) in [6.45, 7) is 0. The highest BCUT2D eigenvalue weighted by molar-refractivity contribution is 7.99. The summed E-state index contributed by atoms with van der Waals surface area (Å²) in [5, 5.41) is 4.02. The van der Waals surface area contributed by atoms with Crippen LogP contribution in [0.1, 0.15) is 42.5 Å². The minimum absolute atomic E-state index is 0.0231. The lowest BCUT2D eigenvalue weighted by molar-refractivity contribution is 0.105. The third-order valence-corrected chi connectivity index (χ3v) is 5.53. The number of carbonyl (C=O) groups is 1. The van der Waals surface area contributed by atoms with Gasteiger partial charge in [-0.2, -0.15) is 0 Å². The zero-order chi connectivity index (χ0) is 17.5. The molecule has 1 aliphatic rings. The standard InChI is InChI=1S/C21H23NO2S/c1-24-22-20(15-16-7-5-6-8-16)21(23)17-11-13-19(14-12-17)25-18-9-3-2-4-10-18/h2-4,9-14,16H,5-8,15H2,1H3/b22-20-. The molecule has 2 aromatic rings. The Morgan fingerprint density at radius 1 is 1.04 bits per heavy atom. The normalized spacial score (nSPS) is 15.3. The number of nitrogens with zero attached hydrogens (tertiary/aromatic N) is 1. The van der Waals surface area contributed by atoms with Crippen molar-refractivity contribution in [3.05, 3.63) is 60.2 Å². The van der Waals surface area contributed by atoms with Crippen LogP contribution in [0.5, 0.6) is 0 Å². The average molecular weight is 353 g/mol. The van der Waals surface area contributed by atoms with Gasteiger partial charge in [-0.15, -0.1) is 0 Å². The van der Waals surface area contributed by atoms with E-state index in [1.165, 1.54) is 37.7 Å². The van der Waals surface area contributed by atoms with Gasteiger partial charge in [-0.1, -0.05) is 60.8 Å². The maximum absolute atomic E-state index is 12.8. The molecular weight excluding hydrogens is 330 g/mol. The fraction of sp³-hybridized carbons (Fsp3) is 0.333. The zero-order valence-corrected chi connectivity index (χ0v) is 15.3. The molecule has 0 aromatic heterocycles. The van der Waals surface area contributed by atoms with Crippen LogP contribution in [-0.4, -0.2) is 18.6 Å². The van der Waals surface area contributed by atoms with E-state index >= 15 is 0 Å². The minimum atomic E-state index is -0.0231. The number of oxime groups is 1. The summed E-state index contributed by atoms with van der Waals surface area (Å²) >= 11 is 1.69. The van der Waals surface area contributed by atoms with E-state index < -0.39 is 0 Å². The van der Waals surface area contributed by atoms with Crippen molar-refractivity contribution in [2.24, 2.45) is 11.1 Å². The molecule has 1 fully saturated rings. The fourth-order valence-electron chi connectivity index (χ4n) is 3.24. The smallest absolute Gasteiger partial charge is 0.210 e. The fourth-order valence-corrected chi connectivity index (χ4v) is 4.07. The first-order valence-corrected chi connectivity index (χ1v) is 9.55. The third-order valence-electron chi connectivity index (χ3n) is 4.52. The molecule has 0 bridgehead atoms. The van der Waals surface area contributed by atoms with Crippen LogP contribution in [0.15, 0.2) is 69.5 Å². The lowest BCUT2D eigenvalue weighted by Crippen LogP contribution is -2.18. The average Bonchev–Trinajstić information content (AvgIpc) is 3.15. The SMILES string of the molecule is CO/N=C(/CC1CCCC1)C(=O)c1ccc(Sc2ccccc2)cc1. The molecule has 4 heteroatoms. The number of rotatable bonds is 7. The van der Waals surface area contributed by atoms with Crippen molar-refractivity contribution in [2.75, 3.05) is 7.11 Å². The quantitative estimate of drug-likeness (QED) is 0.369. The largest absolute Gasteiger partial charge is 0.399 e. The summed E-state index contributed by atoms with van der Waals surface area (Å²) in [5.41, 5.74) is 1.21. The van der Waals surface area contributed by atoms with Gasteiger partial charge in [0.1, 0.15) is 12.8 Å². The molecule has 3 rings (SSSR count). The Balaban J connectivity index is 1.69. The van der Waals surface area contributed by atoms with Crippen molar-refractivity contribution in [1.82, 2.24) is 0 Å². The van der Waals surface area contributed by atoms with Gasteiger partial charge in [-0.3, -0.25) is 4.79 Å². The highest BCUT2D eigenvalue weighted by Gasteiger charge is 2.22. The van der Waals surface area contributed by atoms with E-state index in [1.807, 2.05) is 42.5 Å². The molecule has 25 heavy (non-hydrogen) atoms. The van der Waals surface area contributed by atoms with E-state index in [-0.39, 0.29) is 5.78 Å². The van der Waals surface area contributed by atoms with E-state index in [0.717, 1.165) is 4.90 Å². The molecule has 0 atom stereocenters. The van der Waals surface area contributed by atoms with Crippen molar-refractivity contribution < 1.29 is 9.63 Å². The van der Waals surface area contributed by atoms with Crippen molar-refractivity contribution >= 4 is 23.3 Å². The third kappa shape index (κ3) is 4.95. The van der Waals surface area contributed by atoms with Gasteiger partial charge in [0.25, 0.3) is 0 Å². The van der Waals surface area contributed by atoms with Gasteiger partial charge in [-0.05, 0) is 48.7 Å². The number of ketones is 1. The molecule has 1 aliphatic carbocycles. The highest BCUT2D eigenvalue weighted by atomic mass is 32.2. The van der Waals surface area contributed by atoms with Crippen LogP contribution in [0.25, 0.3) is 0 Å². The molecule has 0 aliphatic heterocycles. The van der Waals surface area contributed by atoms with E-state index in [4.69, 9.17) is 4.84 Å². The highest BCUT2D eigenvalue weighted by Crippen LogP contribution is 2.29. The second-order valence-corrected chi connectivity index (χ2v) is 7.49. The molecule has 1 saturated carbocycles.